The summed E-state index contributed by atoms with van der Waals surface area (Å²) in [6.45, 7) is 1.53. The van der Waals surface area contributed by atoms with Crippen molar-refractivity contribution in [2.45, 2.75) is 51.1 Å². The fourth-order valence-electron chi connectivity index (χ4n) is 4.25. The number of methoxy groups -OCH3 is 1. The molecule has 32 heavy (non-hydrogen) atoms. The number of aromatic hydroxyl groups is 1. The predicted octanol–water partition coefficient (Wildman–Crippen LogP) is 3.63. The van der Waals surface area contributed by atoms with Crippen LogP contribution in [-0.2, 0) is 9.63 Å². The van der Waals surface area contributed by atoms with Gasteiger partial charge in [0.2, 0.25) is 0 Å². The number of carbonyl (C=O) groups excluding carboxylic acids is 2. The van der Waals surface area contributed by atoms with E-state index in [0.29, 0.717) is 5.92 Å². The number of hydrogen-bond donors (Lipinski definition) is 2. The second kappa shape index (κ2) is 10.9. The number of aromatic nitrogens is 1. The van der Waals surface area contributed by atoms with E-state index in [2.05, 4.69) is 10.3 Å². The molecule has 1 fully saturated rings. The van der Waals surface area contributed by atoms with Gasteiger partial charge in [-0.2, -0.15) is 0 Å². The molecule has 0 saturated heterocycles. The second-order valence-electron chi connectivity index (χ2n) is 8.12. The smallest absolute Gasteiger partial charge is 0.347 e. The number of rotatable bonds is 8. The maximum Gasteiger partial charge on any atom is 0.347 e. The van der Waals surface area contributed by atoms with Crippen LogP contribution in [0.3, 0.4) is 0 Å². The Morgan fingerprint density at radius 1 is 1.16 bits per heavy atom. The molecule has 1 aromatic carbocycles. The molecule has 1 aliphatic carbocycles. The summed E-state index contributed by atoms with van der Waals surface area (Å²) in [5.74, 6) is -1.17. The molecule has 0 aliphatic heterocycles. The molecule has 2 unspecified atom stereocenters. The Hall–Kier alpha value is -3.13. The van der Waals surface area contributed by atoms with E-state index in [0.717, 1.165) is 18.4 Å². The lowest BCUT2D eigenvalue weighted by Crippen LogP contribution is -2.43. The molecular formula is C24H31N3O5. The molecule has 2 atom stereocenters. The average molecular weight is 442 g/mol. The van der Waals surface area contributed by atoms with Crippen LogP contribution >= 0.6 is 0 Å². The minimum Gasteiger partial charge on any atom is -0.503 e. The van der Waals surface area contributed by atoms with Crippen molar-refractivity contribution in [2.75, 3.05) is 14.2 Å². The van der Waals surface area contributed by atoms with Gasteiger partial charge in [0.1, 0.15) is 6.04 Å². The normalized spacial score (nSPS) is 16.2. The van der Waals surface area contributed by atoms with Gasteiger partial charge < -0.3 is 20.0 Å². The third-order valence-corrected chi connectivity index (χ3v) is 5.89. The summed E-state index contributed by atoms with van der Waals surface area (Å²) in [5.41, 5.74) is 0.874. The molecule has 0 spiro atoms. The molecule has 3 rings (SSSR count). The Morgan fingerprint density at radius 3 is 2.50 bits per heavy atom. The maximum absolute atomic E-state index is 12.8. The number of nitrogens with one attached hydrogen (secondary N) is 1. The first-order valence-electron chi connectivity index (χ1n) is 10.9. The first kappa shape index (κ1) is 23.5. The SMILES string of the molecule is COc1ccnc(C(=O)NC(C)C(=O)ON(C)C(c2ccccc2)C2CCCCC2)c1O. The summed E-state index contributed by atoms with van der Waals surface area (Å²) in [7, 11) is 3.14. The van der Waals surface area contributed by atoms with Gasteiger partial charge in [-0.15, -0.1) is 5.06 Å². The van der Waals surface area contributed by atoms with Crippen molar-refractivity contribution in [3.05, 3.63) is 53.9 Å². The van der Waals surface area contributed by atoms with Crippen LogP contribution in [0.5, 0.6) is 11.5 Å². The van der Waals surface area contributed by atoms with E-state index in [-0.39, 0.29) is 23.2 Å². The van der Waals surface area contributed by atoms with Crippen LogP contribution in [0.25, 0.3) is 0 Å². The van der Waals surface area contributed by atoms with Gasteiger partial charge in [0.05, 0.1) is 13.2 Å². The zero-order valence-corrected chi connectivity index (χ0v) is 18.8. The number of nitrogens with zero attached hydrogens (tertiary/aromatic N) is 2. The van der Waals surface area contributed by atoms with Crippen LogP contribution in [-0.4, -0.2) is 47.2 Å². The molecule has 1 aromatic heterocycles. The Labute approximate surface area is 188 Å². The van der Waals surface area contributed by atoms with Gasteiger partial charge in [-0.25, -0.2) is 9.78 Å². The zero-order chi connectivity index (χ0) is 23.1. The number of hydrogen-bond acceptors (Lipinski definition) is 7. The van der Waals surface area contributed by atoms with E-state index in [1.54, 1.807) is 12.1 Å². The van der Waals surface area contributed by atoms with Crippen molar-refractivity contribution in [1.82, 2.24) is 15.4 Å². The summed E-state index contributed by atoms with van der Waals surface area (Å²) < 4.78 is 5.00. The molecular weight excluding hydrogens is 410 g/mol. The minimum absolute atomic E-state index is 0.0625. The van der Waals surface area contributed by atoms with Gasteiger partial charge in [-0.05, 0) is 31.2 Å². The van der Waals surface area contributed by atoms with E-state index in [1.165, 1.54) is 45.6 Å². The number of benzene rings is 1. The highest BCUT2D eigenvalue weighted by molar-refractivity contribution is 5.97. The fraction of sp³-hybridized carbons (Fsp3) is 0.458. The van der Waals surface area contributed by atoms with Crippen molar-refractivity contribution < 1.29 is 24.3 Å². The van der Waals surface area contributed by atoms with Crippen LogP contribution in [0.1, 0.15) is 61.1 Å². The van der Waals surface area contributed by atoms with Crippen molar-refractivity contribution in [1.29, 1.82) is 0 Å². The van der Waals surface area contributed by atoms with Crippen molar-refractivity contribution >= 4 is 11.9 Å². The monoisotopic (exact) mass is 441 g/mol. The molecule has 1 amide bonds. The van der Waals surface area contributed by atoms with Crippen LogP contribution in [0, 0.1) is 5.92 Å². The third kappa shape index (κ3) is 5.56. The Bertz CT molecular complexity index is 915. The molecule has 172 valence electrons. The summed E-state index contributed by atoms with van der Waals surface area (Å²) >= 11 is 0. The van der Waals surface area contributed by atoms with Crippen molar-refractivity contribution in [3.63, 3.8) is 0 Å². The van der Waals surface area contributed by atoms with Crippen LogP contribution in [0.15, 0.2) is 42.6 Å². The van der Waals surface area contributed by atoms with Gasteiger partial charge in [-0.1, -0.05) is 49.6 Å². The number of amides is 1. The largest absolute Gasteiger partial charge is 0.503 e. The number of pyridine rings is 1. The van der Waals surface area contributed by atoms with E-state index < -0.39 is 17.9 Å². The molecule has 0 radical (unpaired) electrons. The van der Waals surface area contributed by atoms with Gasteiger partial charge >= 0.3 is 5.97 Å². The molecule has 0 bridgehead atoms. The lowest BCUT2D eigenvalue weighted by Gasteiger charge is -2.36. The topological polar surface area (TPSA) is 101 Å². The van der Waals surface area contributed by atoms with E-state index in [9.17, 15) is 14.7 Å². The summed E-state index contributed by atoms with van der Waals surface area (Å²) in [6.07, 6.45) is 7.07. The van der Waals surface area contributed by atoms with E-state index >= 15 is 0 Å². The lowest BCUT2D eigenvalue weighted by atomic mass is 9.81. The number of hydroxylamine groups is 2. The first-order valence-corrected chi connectivity index (χ1v) is 10.9. The van der Waals surface area contributed by atoms with E-state index in [4.69, 9.17) is 9.57 Å². The van der Waals surface area contributed by atoms with Gasteiger partial charge in [0.15, 0.2) is 17.2 Å². The first-order chi connectivity index (χ1) is 15.4. The second-order valence-corrected chi connectivity index (χ2v) is 8.12. The van der Waals surface area contributed by atoms with Gasteiger partial charge in [0, 0.05) is 19.3 Å². The number of ether oxygens (including phenoxy) is 1. The van der Waals surface area contributed by atoms with E-state index in [1.807, 2.05) is 30.3 Å². The molecule has 8 nitrogen and oxygen atoms in total. The van der Waals surface area contributed by atoms with Gasteiger partial charge in [0.25, 0.3) is 5.91 Å². The average Bonchev–Trinajstić information content (AvgIpc) is 2.80. The quantitative estimate of drug-likeness (QED) is 0.603. The van der Waals surface area contributed by atoms with Crippen LogP contribution in [0.4, 0.5) is 0 Å². The van der Waals surface area contributed by atoms with Crippen molar-refractivity contribution in [2.24, 2.45) is 5.92 Å². The van der Waals surface area contributed by atoms with Gasteiger partial charge in [-0.3, -0.25) is 4.79 Å². The van der Waals surface area contributed by atoms with Crippen LogP contribution in [0.2, 0.25) is 0 Å². The van der Waals surface area contributed by atoms with Crippen molar-refractivity contribution in [3.8, 4) is 11.5 Å². The highest BCUT2D eigenvalue weighted by atomic mass is 16.7. The standard InChI is InChI=1S/C24H31N3O5/c1-16(26-23(29)20-22(28)19(31-3)14-15-25-20)24(30)32-27(2)21(17-10-6-4-7-11-17)18-12-8-5-9-13-18/h4,6-7,10-11,14-16,18,21,28H,5,8-9,12-13H2,1-3H3,(H,26,29). The summed E-state index contributed by atoms with van der Waals surface area (Å²) in [4.78, 5) is 34.8. The number of carbonyl (C=O) groups is 2. The molecule has 2 aromatic rings. The predicted molar refractivity (Wildman–Crippen MR) is 119 cm³/mol. The highest BCUT2D eigenvalue weighted by Crippen LogP contribution is 2.38. The Balaban J connectivity index is 1.68. The highest BCUT2D eigenvalue weighted by Gasteiger charge is 2.32. The zero-order valence-electron chi connectivity index (χ0n) is 18.8. The Morgan fingerprint density at radius 2 is 1.84 bits per heavy atom. The van der Waals surface area contributed by atoms with Crippen LogP contribution < -0.4 is 10.1 Å². The molecule has 1 aliphatic rings. The minimum atomic E-state index is -0.944. The Kier molecular flexibility index (Phi) is 8.05. The summed E-state index contributed by atoms with van der Waals surface area (Å²) in [6, 6.07) is 10.5. The molecule has 1 saturated carbocycles. The summed E-state index contributed by atoms with van der Waals surface area (Å²) in [5, 5.41) is 14.3. The molecule has 1 heterocycles. The third-order valence-electron chi connectivity index (χ3n) is 5.89. The lowest BCUT2D eigenvalue weighted by molar-refractivity contribution is -0.202. The fourth-order valence-corrected chi connectivity index (χ4v) is 4.25. The molecule has 2 N–H and O–H groups in total. The molecule has 8 heteroatoms. The maximum atomic E-state index is 12.8.